The average molecular weight is 200 g/mol. The van der Waals surface area contributed by atoms with Gasteiger partial charge in [0.25, 0.3) is 0 Å². The average Bonchev–Trinajstić information content (AvgIpc) is 2.17. The molecule has 0 bridgehead atoms. The number of nitrogens with zero attached hydrogens (tertiary/aromatic N) is 1. The Bertz CT molecular complexity index is 266. The molecule has 0 aromatic carbocycles. The van der Waals surface area contributed by atoms with Crippen molar-refractivity contribution in [3.8, 4) is 0 Å². The zero-order valence-corrected chi connectivity index (χ0v) is 7.90. The third-order valence-electron chi connectivity index (χ3n) is 1.61. The lowest BCUT2D eigenvalue weighted by Crippen LogP contribution is -2.24. The molecule has 1 rings (SSSR count). The van der Waals surface area contributed by atoms with Crippen LogP contribution in [-0.4, -0.2) is 36.5 Å². The van der Waals surface area contributed by atoms with Crippen molar-refractivity contribution in [2.75, 3.05) is 25.6 Å². The third kappa shape index (κ3) is 3.68. The molecule has 1 atom stereocenters. The fourth-order valence-corrected chi connectivity index (χ4v) is 0.954. The van der Waals surface area contributed by atoms with Gasteiger partial charge in [-0.1, -0.05) is 0 Å². The van der Waals surface area contributed by atoms with E-state index in [-0.39, 0.29) is 12.4 Å². The standard InChI is InChI=1S/C9H13FN2O2/c1-14-6-8(13)5-12-9-3-2-7(10)4-11-9/h2-4,8,13H,5-6H2,1H3,(H,11,12). The topological polar surface area (TPSA) is 54.4 Å². The van der Waals surface area contributed by atoms with Gasteiger partial charge < -0.3 is 15.2 Å². The summed E-state index contributed by atoms with van der Waals surface area (Å²) in [5, 5.41) is 12.1. The van der Waals surface area contributed by atoms with Crippen LogP contribution in [0.4, 0.5) is 10.2 Å². The highest BCUT2D eigenvalue weighted by Gasteiger charge is 2.02. The van der Waals surface area contributed by atoms with Gasteiger partial charge in [0, 0.05) is 13.7 Å². The van der Waals surface area contributed by atoms with Crippen LogP contribution < -0.4 is 5.32 Å². The van der Waals surface area contributed by atoms with Gasteiger partial charge in [-0.3, -0.25) is 0 Å². The Kier molecular flexibility index (Phi) is 4.28. The SMILES string of the molecule is COCC(O)CNc1ccc(F)cn1. The van der Waals surface area contributed by atoms with E-state index in [9.17, 15) is 9.50 Å². The van der Waals surface area contributed by atoms with Gasteiger partial charge in [0.05, 0.1) is 18.9 Å². The van der Waals surface area contributed by atoms with Crippen LogP contribution in [0.3, 0.4) is 0 Å². The molecule has 1 unspecified atom stereocenters. The second kappa shape index (κ2) is 5.51. The number of anilines is 1. The van der Waals surface area contributed by atoms with E-state index in [1.165, 1.54) is 19.2 Å². The number of aliphatic hydroxyl groups excluding tert-OH is 1. The minimum atomic E-state index is -0.591. The van der Waals surface area contributed by atoms with Gasteiger partial charge in [0.2, 0.25) is 0 Å². The molecular formula is C9H13FN2O2. The fraction of sp³-hybridized carbons (Fsp3) is 0.444. The Morgan fingerprint density at radius 2 is 2.43 bits per heavy atom. The van der Waals surface area contributed by atoms with Crippen molar-refractivity contribution in [3.63, 3.8) is 0 Å². The van der Waals surface area contributed by atoms with Crippen LogP contribution >= 0.6 is 0 Å². The second-order valence-electron chi connectivity index (χ2n) is 2.85. The van der Waals surface area contributed by atoms with Crippen LogP contribution in [0.5, 0.6) is 0 Å². The molecule has 0 aliphatic rings. The predicted molar refractivity (Wildman–Crippen MR) is 50.6 cm³/mol. The summed E-state index contributed by atoms with van der Waals surface area (Å²) in [6, 6.07) is 2.81. The maximum absolute atomic E-state index is 12.4. The van der Waals surface area contributed by atoms with Gasteiger partial charge in [-0.25, -0.2) is 9.37 Å². The van der Waals surface area contributed by atoms with Crippen molar-refractivity contribution < 1.29 is 14.2 Å². The number of halogens is 1. The van der Waals surface area contributed by atoms with Crippen LogP contribution in [0.1, 0.15) is 0 Å². The van der Waals surface area contributed by atoms with E-state index in [4.69, 9.17) is 4.74 Å². The van der Waals surface area contributed by atoms with Crippen LogP contribution in [-0.2, 0) is 4.74 Å². The summed E-state index contributed by atoms with van der Waals surface area (Å²) in [5.74, 6) is 0.148. The molecule has 0 spiro atoms. The van der Waals surface area contributed by atoms with Gasteiger partial charge in [0.15, 0.2) is 0 Å². The molecule has 0 fully saturated rings. The van der Waals surface area contributed by atoms with E-state index in [1.54, 1.807) is 0 Å². The summed E-state index contributed by atoms with van der Waals surface area (Å²) in [6.45, 7) is 0.584. The maximum Gasteiger partial charge on any atom is 0.141 e. The van der Waals surface area contributed by atoms with E-state index in [2.05, 4.69) is 10.3 Å². The van der Waals surface area contributed by atoms with Crippen LogP contribution in [0.15, 0.2) is 18.3 Å². The maximum atomic E-state index is 12.4. The monoisotopic (exact) mass is 200 g/mol. The van der Waals surface area contributed by atoms with Crippen molar-refractivity contribution in [1.29, 1.82) is 0 Å². The van der Waals surface area contributed by atoms with Gasteiger partial charge in [0.1, 0.15) is 11.6 Å². The number of hydrogen-bond acceptors (Lipinski definition) is 4. The molecule has 5 heteroatoms. The number of nitrogens with one attached hydrogen (secondary N) is 1. The molecule has 14 heavy (non-hydrogen) atoms. The summed E-state index contributed by atoms with van der Waals surface area (Å²) in [5.41, 5.74) is 0. The molecule has 1 aromatic heterocycles. The summed E-state index contributed by atoms with van der Waals surface area (Å²) < 4.78 is 17.2. The zero-order chi connectivity index (χ0) is 10.4. The number of aromatic nitrogens is 1. The summed E-state index contributed by atoms with van der Waals surface area (Å²) in [6.07, 6.45) is 0.525. The highest BCUT2D eigenvalue weighted by atomic mass is 19.1. The Morgan fingerprint density at radius 3 is 3.00 bits per heavy atom. The molecular weight excluding hydrogens is 187 g/mol. The second-order valence-corrected chi connectivity index (χ2v) is 2.85. The van der Waals surface area contributed by atoms with E-state index in [0.717, 1.165) is 6.20 Å². The van der Waals surface area contributed by atoms with Crippen LogP contribution in [0.2, 0.25) is 0 Å². The molecule has 2 N–H and O–H groups in total. The highest BCUT2D eigenvalue weighted by Crippen LogP contribution is 2.03. The first-order valence-electron chi connectivity index (χ1n) is 4.25. The Hall–Kier alpha value is -1.20. The summed E-state index contributed by atoms with van der Waals surface area (Å²) in [4.78, 5) is 3.77. The molecule has 0 saturated carbocycles. The minimum Gasteiger partial charge on any atom is -0.389 e. The van der Waals surface area contributed by atoms with E-state index >= 15 is 0 Å². The summed E-state index contributed by atoms with van der Waals surface area (Å²) in [7, 11) is 1.51. The van der Waals surface area contributed by atoms with Gasteiger partial charge in [-0.15, -0.1) is 0 Å². The number of aliphatic hydroxyl groups is 1. The van der Waals surface area contributed by atoms with E-state index in [1.807, 2.05) is 0 Å². The smallest absolute Gasteiger partial charge is 0.141 e. The zero-order valence-electron chi connectivity index (χ0n) is 7.90. The van der Waals surface area contributed by atoms with Crippen molar-refractivity contribution in [3.05, 3.63) is 24.1 Å². The molecule has 0 amide bonds. The first-order chi connectivity index (χ1) is 6.72. The number of rotatable bonds is 5. The van der Waals surface area contributed by atoms with Gasteiger partial charge in [-0.2, -0.15) is 0 Å². The first kappa shape index (κ1) is 10.9. The predicted octanol–water partition coefficient (Wildman–Crippen LogP) is 0.640. The highest BCUT2D eigenvalue weighted by molar-refractivity contribution is 5.33. The van der Waals surface area contributed by atoms with Gasteiger partial charge >= 0.3 is 0 Å². The molecule has 0 aliphatic carbocycles. The van der Waals surface area contributed by atoms with Crippen LogP contribution in [0.25, 0.3) is 0 Å². The quantitative estimate of drug-likeness (QED) is 0.732. The van der Waals surface area contributed by atoms with Crippen LogP contribution in [0, 0.1) is 5.82 Å². The normalized spacial score (nSPS) is 12.5. The number of pyridine rings is 1. The first-order valence-corrected chi connectivity index (χ1v) is 4.25. The van der Waals surface area contributed by atoms with E-state index < -0.39 is 6.10 Å². The van der Waals surface area contributed by atoms with Crippen molar-refractivity contribution in [2.45, 2.75) is 6.10 Å². The summed E-state index contributed by atoms with van der Waals surface area (Å²) >= 11 is 0. The Balaban J connectivity index is 2.34. The Labute approximate surface area is 81.7 Å². The minimum absolute atomic E-state index is 0.258. The molecule has 4 nitrogen and oxygen atoms in total. The largest absolute Gasteiger partial charge is 0.389 e. The molecule has 1 aromatic rings. The lowest BCUT2D eigenvalue weighted by molar-refractivity contribution is 0.0727. The third-order valence-corrected chi connectivity index (χ3v) is 1.61. The number of methoxy groups -OCH3 is 1. The van der Waals surface area contributed by atoms with Crippen molar-refractivity contribution in [2.24, 2.45) is 0 Å². The molecule has 78 valence electrons. The molecule has 1 heterocycles. The van der Waals surface area contributed by atoms with Crippen molar-refractivity contribution in [1.82, 2.24) is 4.98 Å². The fourth-order valence-electron chi connectivity index (χ4n) is 0.954. The molecule has 0 radical (unpaired) electrons. The Morgan fingerprint density at radius 1 is 1.64 bits per heavy atom. The lowest BCUT2D eigenvalue weighted by Gasteiger charge is -2.10. The molecule has 0 saturated heterocycles. The lowest BCUT2D eigenvalue weighted by atomic mass is 10.3. The van der Waals surface area contributed by atoms with Crippen molar-refractivity contribution >= 4 is 5.82 Å². The van der Waals surface area contributed by atoms with E-state index in [0.29, 0.717) is 12.4 Å². The van der Waals surface area contributed by atoms with Gasteiger partial charge in [-0.05, 0) is 12.1 Å². The molecule has 0 aliphatic heterocycles. The number of hydrogen-bond donors (Lipinski definition) is 2. The number of ether oxygens (including phenoxy) is 1.